The Bertz CT molecular complexity index is 1050. The van der Waals surface area contributed by atoms with Crippen molar-refractivity contribution in [1.82, 2.24) is 0 Å². The van der Waals surface area contributed by atoms with Gasteiger partial charge in [0.2, 0.25) is 0 Å². The van der Waals surface area contributed by atoms with Crippen molar-refractivity contribution in [2.24, 2.45) is 40.9 Å². The number of benzene rings is 1. The second-order valence-electron chi connectivity index (χ2n) is 13.7. The molecule has 8 atom stereocenters. The van der Waals surface area contributed by atoms with Gasteiger partial charge < -0.3 is 9.84 Å². The van der Waals surface area contributed by atoms with Crippen LogP contribution in [0.2, 0.25) is 0 Å². The summed E-state index contributed by atoms with van der Waals surface area (Å²) in [5, 5.41) is 11.0. The number of aliphatic hydroxyl groups is 1. The molecule has 3 aliphatic rings. The van der Waals surface area contributed by atoms with Crippen LogP contribution < -0.4 is 0 Å². The van der Waals surface area contributed by atoms with Crippen LogP contribution in [0.5, 0.6) is 0 Å². The maximum atomic E-state index is 12.9. The predicted molar refractivity (Wildman–Crippen MR) is 151 cm³/mol. The lowest BCUT2D eigenvalue weighted by atomic mass is 9.53. The highest BCUT2D eigenvalue weighted by atomic mass is 32.2. The Hall–Kier alpha value is -1.40. The Morgan fingerprint density at radius 1 is 1.00 bits per heavy atom. The maximum absolute atomic E-state index is 12.9. The van der Waals surface area contributed by atoms with Crippen LogP contribution in [-0.2, 0) is 19.4 Å². The van der Waals surface area contributed by atoms with Crippen LogP contribution in [0, 0.1) is 40.9 Å². The molecular formula is C32H50O5S. The SMILES string of the molecule is CC(C)CCC[C@@H](C)[C@H]1CC[C@H]2[C@@H]3CCC(=O)O[C@](C)(C[C@@H](O)CS(=O)(=O)c4ccccc4)[C@H]3CC[C@]12C. The third-order valence-electron chi connectivity index (χ3n) is 10.6. The number of hydrogen-bond donors (Lipinski definition) is 1. The standard InChI is InChI=1S/C32H50O5S/c1-22(2)10-9-11-23(3)27-15-16-28-26-14-17-30(34)37-32(5,29(26)18-19-31(27,28)4)20-24(33)21-38(35,36)25-12-7-6-8-13-25/h6-8,12-13,22-24,26-29,33H,9-11,14-21H2,1-5H3/t23-,24-,26+,27-,28+,29+,31-,32-/m1/s1. The molecule has 4 rings (SSSR count). The fraction of sp³-hybridized carbons (Fsp3) is 0.781. The molecule has 0 unspecified atom stereocenters. The van der Waals surface area contributed by atoms with Gasteiger partial charge in [-0.3, -0.25) is 4.79 Å². The number of aliphatic hydroxyl groups excluding tert-OH is 1. The molecule has 3 fully saturated rings. The van der Waals surface area contributed by atoms with Crippen LogP contribution in [0.15, 0.2) is 35.2 Å². The molecule has 38 heavy (non-hydrogen) atoms. The predicted octanol–water partition coefficient (Wildman–Crippen LogP) is 6.83. The van der Waals surface area contributed by atoms with Crippen LogP contribution in [0.25, 0.3) is 0 Å². The summed E-state index contributed by atoms with van der Waals surface area (Å²) in [6, 6.07) is 8.29. The Balaban J connectivity index is 1.50. The Labute approximate surface area is 231 Å². The molecular weight excluding hydrogens is 496 g/mol. The minimum atomic E-state index is -3.63. The average molecular weight is 547 g/mol. The number of esters is 1. The summed E-state index contributed by atoms with van der Waals surface area (Å²) in [5.74, 6) is 2.68. The van der Waals surface area contributed by atoms with Crippen molar-refractivity contribution >= 4 is 15.8 Å². The van der Waals surface area contributed by atoms with E-state index in [-0.39, 0.29) is 34.4 Å². The molecule has 1 aromatic carbocycles. The van der Waals surface area contributed by atoms with E-state index < -0.39 is 21.5 Å². The molecule has 0 radical (unpaired) electrons. The molecule has 214 valence electrons. The quantitative estimate of drug-likeness (QED) is 0.325. The summed E-state index contributed by atoms with van der Waals surface area (Å²) in [5.41, 5.74) is -0.575. The topological polar surface area (TPSA) is 80.7 Å². The monoisotopic (exact) mass is 546 g/mol. The van der Waals surface area contributed by atoms with Crippen LogP contribution in [0.3, 0.4) is 0 Å². The van der Waals surface area contributed by atoms with Gasteiger partial charge >= 0.3 is 5.97 Å². The summed E-state index contributed by atoms with van der Waals surface area (Å²) >= 11 is 0. The smallest absolute Gasteiger partial charge is 0.306 e. The summed E-state index contributed by atoms with van der Waals surface area (Å²) in [6.45, 7) is 11.5. The first-order valence-corrected chi connectivity index (χ1v) is 16.7. The van der Waals surface area contributed by atoms with Crippen molar-refractivity contribution in [3.05, 3.63) is 30.3 Å². The van der Waals surface area contributed by atoms with E-state index in [1.165, 1.54) is 32.1 Å². The average Bonchev–Trinajstić information content (AvgIpc) is 3.13. The van der Waals surface area contributed by atoms with E-state index in [0.717, 1.165) is 25.2 Å². The fourth-order valence-electron chi connectivity index (χ4n) is 8.84. The van der Waals surface area contributed by atoms with E-state index in [1.54, 1.807) is 30.3 Å². The Kier molecular flexibility index (Phi) is 9.03. The number of rotatable bonds is 10. The third-order valence-corrected chi connectivity index (χ3v) is 12.4. The summed E-state index contributed by atoms with van der Waals surface area (Å²) in [4.78, 5) is 13.0. The van der Waals surface area contributed by atoms with Crippen molar-refractivity contribution in [3.8, 4) is 0 Å². The highest BCUT2D eigenvalue weighted by molar-refractivity contribution is 7.91. The van der Waals surface area contributed by atoms with Gasteiger partial charge in [-0.25, -0.2) is 8.42 Å². The minimum absolute atomic E-state index is 0.149. The van der Waals surface area contributed by atoms with E-state index in [0.29, 0.717) is 30.1 Å². The number of hydrogen-bond acceptors (Lipinski definition) is 5. The van der Waals surface area contributed by atoms with Gasteiger partial charge in [0.05, 0.1) is 16.8 Å². The molecule has 1 heterocycles. The van der Waals surface area contributed by atoms with Crippen LogP contribution in [-0.4, -0.2) is 37.0 Å². The first-order chi connectivity index (χ1) is 17.9. The number of sulfone groups is 1. The lowest BCUT2D eigenvalue weighted by molar-refractivity contribution is -0.170. The van der Waals surface area contributed by atoms with Gasteiger partial charge in [-0.1, -0.05) is 65.2 Å². The van der Waals surface area contributed by atoms with E-state index in [2.05, 4.69) is 27.7 Å². The summed E-state index contributed by atoms with van der Waals surface area (Å²) < 4.78 is 32.0. The molecule has 0 amide bonds. The van der Waals surface area contributed by atoms with E-state index in [9.17, 15) is 18.3 Å². The van der Waals surface area contributed by atoms with Crippen LogP contribution >= 0.6 is 0 Å². The van der Waals surface area contributed by atoms with Crippen molar-refractivity contribution in [1.29, 1.82) is 0 Å². The Morgan fingerprint density at radius 3 is 2.39 bits per heavy atom. The summed E-state index contributed by atoms with van der Waals surface area (Å²) in [6.07, 6.45) is 8.74. The van der Waals surface area contributed by atoms with E-state index >= 15 is 0 Å². The van der Waals surface area contributed by atoms with Crippen molar-refractivity contribution in [2.75, 3.05) is 5.75 Å². The molecule has 1 saturated heterocycles. The number of carbonyl (C=O) groups is 1. The molecule has 1 aromatic rings. The Morgan fingerprint density at radius 2 is 1.71 bits per heavy atom. The number of ether oxygens (including phenoxy) is 1. The number of cyclic esters (lactones) is 1. The minimum Gasteiger partial charge on any atom is -0.459 e. The molecule has 5 nitrogen and oxygen atoms in total. The second-order valence-corrected chi connectivity index (χ2v) is 15.7. The maximum Gasteiger partial charge on any atom is 0.306 e. The first kappa shape index (κ1) is 29.6. The van der Waals surface area contributed by atoms with Crippen molar-refractivity contribution in [2.45, 2.75) is 115 Å². The van der Waals surface area contributed by atoms with Gasteiger partial charge in [-0.15, -0.1) is 0 Å². The molecule has 0 aromatic heterocycles. The molecule has 2 aliphatic carbocycles. The zero-order valence-corrected chi connectivity index (χ0v) is 25.0. The zero-order valence-electron chi connectivity index (χ0n) is 24.2. The molecule has 1 N–H and O–H groups in total. The van der Waals surface area contributed by atoms with Gasteiger partial charge in [0, 0.05) is 18.8 Å². The van der Waals surface area contributed by atoms with E-state index in [4.69, 9.17) is 4.74 Å². The van der Waals surface area contributed by atoms with Crippen LogP contribution in [0.1, 0.15) is 98.8 Å². The number of fused-ring (bicyclic) bond motifs is 3. The van der Waals surface area contributed by atoms with Gasteiger partial charge in [0.25, 0.3) is 0 Å². The lowest BCUT2D eigenvalue weighted by Crippen LogP contribution is -2.51. The molecule has 6 heteroatoms. The second kappa shape index (κ2) is 11.6. The lowest BCUT2D eigenvalue weighted by Gasteiger charge is -2.53. The van der Waals surface area contributed by atoms with Gasteiger partial charge in [0.1, 0.15) is 5.60 Å². The highest BCUT2D eigenvalue weighted by Gasteiger charge is 2.59. The highest BCUT2D eigenvalue weighted by Crippen LogP contribution is 2.64. The van der Waals surface area contributed by atoms with E-state index in [1.807, 2.05) is 6.92 Å². The molecule has 1 aliphatic heterocycles. The van der Waals surface area contributed by atoms with Gasteiger partial charge in [-0.05, 0) is 86.2 Å². The first-order valence-electron chi connectivity index (χ1n) is 15.0. The van der Waals surface area contributed by atoms with Gasteiger partial charge in [0.15, 0.2) is 9.84 Å². The van der Waals surface area contributed by atoms with Crippen LogP contribution in [0.4, 0.5) is 0 Å². The zero-order chi connectivity index (χ0) is 27.7. The normalized spacial score (nSPS) is 35.2. The van der Waals surface area contributed by atoms with Crippen molar-refractivity contribution in [3.63, 3.8) is 0 Å². The largest absolute Gasteiger partial charge is 0.459 e. The number of carbonyl (C=O) groups excluding carboxylic acids is 1. The molecule has 2 saturated carbocycles. The summed E-state index contributed by atoms with van der Waals surface area (Å²) in [7, 11) is -3.63. The molecule has 0 spiro atoms. The van der Waals surface area contributed by atoms with Gasteiger partial charge in [-0.2, -0.15) is 0 Å². The third kappa shape index (κ3) is 6.16. The van der Waals surface area contributed by atoms with Crippen molar-refractivity contribution < 1.29 is 23.1 Å². The molecule has 0 bridgehead atoms. The fourth-order valence-corrected chi connectivity index (χ4v) is 10.2.